The lowest BCUT2D eigenvalue weighted by atomic mass is 10.3. The van der Waals surface area contributed by atoms with E-state index in [1.807, 2.05) is 13.8 Å². The van der Waals surface area contributed by atoms with E-state index < -0.39 is 17.5 Å². The minimum Gasteiger partial charge on any atom is -0.353 e. The van der Waals surface area contributed by atoms with E-state index >= 15 is 0 Å². The Hall–Kier alpha value is -1.91. The first kappa shape index (κ1) is 15.1. The summed E-state index contributed by atoms with van der Waals surface area (Å²) in [6.07, 6.45) is 1.30. The number of aromatic amines is 1. The van der Waals surface area contributed by atoms with Gasteiger partial charge in [0.1, 0.15) is 11.6 Å². The fourth-order valence-corrected chi connectivity index (χ4v) is 1.59. The zero-order chi connectivity index (χ0) is 14.3. The minimum absolute atomic E-state index is 0.0935. The average molecular weight is 267 g/mol. The molecule has 7 nitrogen and oxygen atoms in total. The summed E-state index contributed by atoms with van der Waals surface area (Å²) >= 11 is 0. The van der Waals surface area contributed by atoms with Gasteiger partial charge >= 0.3 is 5.69 Å². The molecule has 0 aliphatic carbocycles. The molecular weight excluding hydrogens is 250 g/mol. The third kappa shape index (κ3) is 4.35. The maximum absolute atomic E-state index is 11.6. The van der Waals surface area contributed by atoms with Crippen LogP contribution in [0.4, 0.5) is 0 Å². The molecule has 7 heteroatoms. The van der Waals surface area contributed by atoms with E-state index in [9.17, 15) is 9.59 Å². The van der Waals surface area contributed by atoms with Gasteiger partial charge < -0.3 is 9.47 Å². The van der Waals surface area contributed by atoms with E-state index in [-0.39, 0.29) is 5.56 Å². The molecule has 0 aliphatic heterocycles. The van der Waals surface area contributed by atoms with E-state index in [4.69, 9.17) is 14.7 Å². The standard InChI is InChI=1S/C12H17N3O4/c1-3-18-10(19-4-2)5-6-15-8-9(7-13)11(16)14-12(15)17/h8,10H,3-6H2,1-2H3,(H,14,16,17). The fourth-order valence-electron chi connectivity index (χ4n) is 1.59. The Morgan fingerprint density at radius 3 is 2.53 bits per heavy atom. The SMILES string of the molecule is CCOC(CCn1cc(C#N)c(=O)[nH]c1=O)OCC. The van der Waals surface area contributed by atoms with E-state index in [1.165, 1.54) is 10.8 Å². The summed E-state index contributed by atoms with van der Waals surface area (Å²) < 4.78 is 12.0. The highest BCUT2D eigenvalue weighted by Gasteiger charge is 2.10. The van der Waals surface area contributed by atoms with Gasteiger partial charge in [-0.2, -0.15) is 5.26 Å². The normalized spacial score (nSPS) is 10.6. The van der Waals surface area contributed by atoms with Gasteiger partial charge in [-0.15, -0.1) is 0 Å². The molecule has 0 aromatic carbocycles. The molecule has 0 atom stereocenters. The first-order valence-electron chi connectivity index (χ1n) is 6.09. The first-order valence-corrected chi connectivity index (χ1v) is 6.09. The highest BCUT2D eigenvalue weighted by Crippen LogP contribution is 2.02. The monoisotopic (exact) mass is 267 g/mol. The Bertz CT molecular complexity index is 549. The van der Waals surface area contributed by atoms with Crippen molar-refractivity contribution in [2.75, 3.05) is 13.2 Å². The number of H-pyrrole nitrogens is 1. The Morgan fingerprint density at radius 1 is 1.37 bits per heavy atom. The molecule has 1 aromatic rings. The molecule has 0 saturated carbocycles. The largest absolute Gasteiger partial charge is 0.353 e. The molecule has 104 valence electrons. The van der Waals surface area contributed by atoms with Crippen molar-refractivity contribution in [1.82, 2.24) is 9.55 Å². The van der Waals surface area contributed by atoms with Crippen LogP contribution in [0.1, 0.15) is 25.8 Å². The minimum atomic E-state index is -0.671. The van der Waals surface area contributed by atoms with Gasteiger partial charge in [0, 0.05) is 32.4 Å². The van der Waals surface area contributed by atoms with Gasteiger partial charge in [0.05, 0.1) is 0 Å². The predicted octanol–water partition coefficient (Wildman–Crippen LogP) is 0.197. The van der Waals surface area contributed by atoms with Crippen LogP contribution in [-0.2, 0) is 16.0 Å². The van der Waals surface area contributed by atoms with E-state index in [0.29, 0.717) is 26.2 Å². The summed E-state index contributed by atoms with van der Waals surface area (Å²) in [5.74, 6) is 0. The maximum Gasteiger partial charge on any atom is 0.328 e. The van der Waals surface area contributed by atoms with E-state index in [0.717, 1.165) is 0 Å². The van der Waals surface area contributed by atoms with E-state index in [1.54, 1.807) is 6.07 Å². The molecule has 19 heavy (non-hydrogen) atoms. The van der Waals surface area contributed by atoms with Crippen LogP contribution in [0.2, 0.25) is 0 Å². The van der Waals surface area contributed by atoms with Crippen molar-refractivity contribution in [1.29, 1.82) is 5.26 Å². The van der Waals surface area contributed by atoms with Crippen LogP contribution in [-0.4, -0.2) is 29.1 Å². The van der Waals surface area contributed by atoms with Crippen LogP contribution in [0.25, 0.3) is 0 Å². The van der Waals surface area contributed by atoms with Gasteiger partial charge in [0.15, 0.2) is 6.29 Å². The zero-order valence-corrected chi connectivity index (χ0v) is 11.0. The highest BCUT2D eigenvalue weighted by atomic mass is 16.7. The number of hydrogen-bond acceptors (Lipinski definition) is 5. The molecule has 1 rings (SSSR count). The summed E-state index contributed by atoms with van der Waals surface area (Å²) in [6, 6.07) is 1.73. The van der Waals surface area contributed by atoms with Gasteiger partial charge in [0.2, 0.25) is 0 Å². The van der Waals surface area contributed by atoms with Crippen molar-refractivity contribution >= 4 is 0 Å². The molecule has 0 saturated heterocycles. The van der Waals surface area contributed by atoms with Crippen molar-refractivity contribution < 1.29 is 9.47 Å². The molecule has 0 radical (unpaired) electrons. The van der Waals surface area contributed by atoms with E-state index in [2.05, 4.69) is 4.98 Å². The summed E-state index contributed by atoms with van der Waals surface area (Å²) in [5, 5.41) is 8.74. The molecule has 0 amide bonds. The topological polar surface area (TPSA) is 97.1 Å². The number of aryl methyl sites for hydroxylation is 1. The molecule has 1 heterocycles. The summed E-state index contributed by atoms with van der Waals surface area (Å²) in [5.41, 5.74) is -1.31. The average Bonchev–Trinajstić information content (AvgIpc) is 2.38. The molecule has 1 aromatic heterocycles. The third-order valence-electron chi connectivity index (χ3n) is 2.44. The summed E-state index contributed by atoms with van der Waals surface area (Å²) in [4.78, 5) is 24.9. The van der Waals surface area contributed by atoms with Crippen LogP contribution >= 0.6 is 0 Å². The van der Waals surface area contributed by atoms with Gasteiger partial charge in [-0.25, -0.2) is 4.79 Å². The lowest BCUT2D eigenvalue weighted by molar-refractivity contribution is -0.141. The number of aromatic nitrogens is 2. The zero-order valence-electron chi connectivity index (χ0n) is 11.0. The van der Waals surface area contributed by atoms with Crippen molar-refractivity contribution in [3.8, 4) is 6.07 Å². The number of nitriles is 1. The lowest BCUT2D eigenvalue weighted by Gasteiger charge is -2.17. The first-order chi connectivity index (χ1) is 9.12. The van der Waals surface area contributed by atoms with Crippen molar-refractivity contribution in [3.63, 3.8) is 0 Å². The predicted molar refractivity (Wildman–Crippen MR) is 67.7 cm³/mol. The third-order valence-corrected chi connectivity index (χ3v) is 2.44. The summed E-state index contributed by atoms with van der Waals surface area (Å²) in [6.45, 7) is 5.02. The van der Waals surface area contributed by atoms with Gasteiger partial charge in [-0.1, -0.05) is 0 Å². The fraction of sp³-hybridized carbons (Fsp3) is 0.583. The molecular formula is C12H17N3O4. The Labute approximate surface area is 110 Å². The van der Waals surface area contributed by atoms with Crippen LogP contribution < -0.4 is 11.2 Å². The van der Waals surface area contributed by atoms with Gasteiger partial charge in [0.25, 0.3) is 5.56 Å². The second-order valence-electron chi connectivity index (χ2n) is 3.74. The molecule has 0 spiro atoms. The van der Waals surface area contributed by atoms with Crippen LogP contribution in [0.3, 0.4) is 0 Å². The number of rotatable bonds is 7. The molecule has 0 aliphatic rings. The molecule has 0 fully saturated rings. The van der Waals surface area contributed by atoms with Crippen LogP contribution in [0, 0.1) is 11.3 Å². The van der Waals surface area contributed by atoms with Crippen molar-refractivity contribution in [3.05, 3.63) is 32.6 Å². The number of nitrogens with zero attached hydrogens (tertiary/aromatic N) is 2. The second-order valence-corrected chi connectivity index (χ2v) is 3.74. The van der Waals surface area contributed by atoms with Crippen molar-refractivity contribution in [2.45, 2.75) is 33.1 Å². The Kier molecular flexibility index (Phi) is 5.99. The van der Waals surface area contributed by atoms with Crippen molar-refractivity contribution in [2.24, 2.45) is 0 Å². The number of ether oxygens (including phenoxy) is 2. The highest BCUT2D eigenvalue weighted by molar-refractivity contribution is 5.21. The van der Waals surface area contributed by atoms with Crippen LogP contribution in [0.15, 0.2) is 15.8 Å². The Morgan fingerprint density at radius 2 is 2.00 bits per heavy atom. The summed E-state index contributed by atoms with van der Waals surface area (Å²) in [7, 11) is 0. The molecule has 0 unspecified atom stereocenters. The van der Waals surface area contributed by atoms with Crippen LogP contribution in [0.5, 0.6) is 0 Å². The quantitative estimate of drug-likeness (QED) is 0.712. The lowest BCUT2D eigenvalue weighted by Crippen LogP contribution is -2.32. The number of hydrogen-bond donors (Lipinski definition) is 1. The second kappa shape index (κ2) is 7.51. The molecule has 0 bridgehead atoms. The molecule has 1 N–H and O–H groups in total. The smallest absolute Gasteiger partial charge is 0.328 e. The van der Waals surface area contributed by atoms with Gasteiger partial charge in [-0.3, -0.25) is 14.3 Å². The van der Waals surface area contributed by atoms with Gasteiger partial charge in [-0.05, 0) is 13.8 Å². The Balaban J connectivity index is 2.79. The number of nitrogens with one attached hydrogen (secondary N) is 1. The maximum atomic E-state index is 11.6.